The first-order chi connectivity index (χ1) is 17.1. The molecule has 0 aliphatic carbocycles. The van der Waals surface area contributed by atoms with Crippen LogP contribution < -0.4 is 0 Å². The molecule has 0 fully saturated rings. The lowest BCUT2D eigenvalue weighted by atomic mass is 10.5. The first-order valence-electron chi connectivity index (χ1n) is 11.5. The van der Waals surface area contributed by atoms with Crippen molar-refractivity contribution in [3.63, 3.8) is 0 Å². The second-order valence-electron chi connectivity index (χ2n) is 6.82. The first-order valence-corrected chi connectivity index (χ1v) is 11.5. The van der Waals surface area contributed by atoms with Gasteiger partial charge in [0, 0.05) is 18.2 Å². The summed E-state index contributed by atoms with van der Waals surface area (Å²) in [5.41, 5.74) is 0. The summed E-state index contributed by atoms with van der Waals surface area (Å²) in [6.07, 6.45) is 3.60. The predicted octanol–water partition coefficient (Wildman–Crippen LogP) is -0.243. The van der Waals surface area contributed by atoms with Crippen molar-refractivity contribution in [1.82, 2.24) is 4.90 Å². The van der Waals surface area contributed by atoms with E-state index in [2.05, 4.69) is 6.58 Å². The van der Waals surface area contributed by atoms with Gasteiger partial charge in [0.25, 0.3) is 11.8 Å². The summed E-state index contributed by atoms with van der Waals surface area (Å²) in [4.78, 5) is 34.6. The van der Waals surface area contributed by atoms with E-state index in [0.717, 1.165) is 11.0 Å². The van der Waals surface area contributed by atoms with Gasteiger partial charge in [-0.1, -0.05) is 6.58 Å². The predicted molar refractivity (Wildman–Crippen MR) is 123 cm³/mol. The summed E-state index contributed by atoms with van der Waals surface area (Å²) >= 11 is 0. The maximum atomic E-state index is 11.3. The second kappa shape index (κ2) is 22.3. The van der Waals surface area contributed by atoms with E-state index in [9.17, 15) is 14.4 Å². The topological polar surface area (TPSA) is 128 Å². The summed E-state index contributed by atoms with van der Waals surface area (Å²) in [6.45, 7) is 9.61. The second-order valence-corrected chi connectivity index (χ2v) is 6.82. The maximum absolute atomic E-state index is 11.3. The van der Waals surface area contributed by atoms with E-state index >= 15 is 0 Å². The molecule has 1 aliphatic rings. The summed E-state index contributed by atoms with van der Waals surface area (Å²) in [5, 5.41) is 0. The SMILES string of the molecule is C=CC(=O)OCCOCCOCCOCCOCCOCCOCCOCCN1C(=O)C=CC1=O. The Kier molecular flexibility index (Phi) is 19.6. The highest BCUT2D eigenvalue weighted by Crippen LogP contribution is 2.02. The molecule has 0 aromatic rings. The third kappa shape index (κ3) is 17.8. The molecule has 0 radical (unpaired) electrons. The van der Waals surface area contributed by atoms with E-state index in [1.54, 1.807) is 0 Å². The average molecular weight is 504 g/mol. The van der Waals surface area contributed by atoms with Crippen LogP contribution in [-0.4, -0.2) is 128 Å². The molecule has 0 atom stereocenters. The van der Waals surface area contributed by atoms with Gasteiger partial charge < -0.3 is 37.9 Å². The number of ether oxygens (including phenoxy) is 8. The smallest absolute Gasteiger partial charge is 0.330 e. The first kappa shape index (κ1) is 30.8. The zero-order valence-corrected chi connectivity index (χ0v) is 20.2. The molecule has 1 aliphatic heterocycles. The van der Waals surface area contributed by atoms with E-state index in [1.165, 1.54) is 12.2 Å². The van der Waals surface area contributed by atoms with E-state index < -0.39 is 5.97 Å². The summed E-state index contributed by atoms with van der Waals surface area (Å²) in [5.74, 6) is -1.09. The molecule has 0 saturated carbocycles. The molecule has 0 saturated heterocycles. The molecular formula is C23H37NO11. The van der Waals surface area contributed by atoms with Gasteiger partial charge in [-0.25, -0.2) is 4.79 Å². The van der Waals surface area contributed by atoms with E-state index in [1.807, 2.05) is 0 Å². The van der Waals surface area contributed by atoms with Gasteiger partial charge in [-0.3, -0.25) is 14.5 Å². The highest BCUT2D eigenvalue weighted by Gasteiger charge is 2.22. The van der Waals surface area contributed by atoms with Gasteiger partial charge in [0.05, 0.1) is 99.0 Å². The van der Waals surface area contributed by atoms with Crippen LogP contribution in [0.1, 0.15) is 0 Å². The molecule has 0 N–H and O–H groups in total. The molecule has 12 nitrogen and oxygen atoms in total. The Hall–Kier alpha value is -2.19. The fourth-order valence-corrected chi connectivity index (χ4v) is 2.49. The van der Waals surface area contributed by atoms with Crippen LogP contribution in [0.3, 0.4) is 0 Å². The fourth-order valence-electron chi connectivity index (χ4n) is 2.49. The summed E-state index contributed by atoms with van der Waals surface area (Å²) < 4.78 is 42.2. The van der Waals surface area contributed by atoms with Gasteiger partial charge in [0.1, 0.15) is 6.61 Å². The summed E-state index contributed by atoms with van der Waals surface area (Å²) in [7, 11) is 0. The molecule has 200 valence electrons. The number of hydrogen-bond donors (Lipinski definition) is 0. The Morgan fingerprint density at radius 2 is 0.914 bits per heavy atom. The van der Waals surface area contributed by atoms with E-state index in [4.69, 9.17) is 37.9 Å². The monoisotopic (exact) mass is 503 g/mol. The molecular weight excluding hydrogens is 466 g/mol. The van der Waals surface area contributed by atoms with Crippen LogP contribution in [0.25, 0.3) is 0 Å². The number of imide groups is 1. The molecule has 1 heterocycles. The van der Waals surface area contributed by atoms with Crippen LogP contribution in [0.5, 0.6) is 0 Å². The molecule has 12 heteroatoms. The van der Waals surface area contributed by atoms with Crippen molar-refractivity contribution in [2.75, 3.05) is 106 Å². The maximum Gasteiger partial charge on any atom is 0.330 e. The molecule has 35 heavy (non-hydrogen) atoms. The number of amides is 2. The largest absolute Gasteiger partial charge is 0.460 e. The van der Waals surface area contributed by atoms with Crippen LogP contribution in [0.2, 0.25) is 0 Å². The number of rotatable bonds is 25. The highest BCUT2D eigenvalue weighted by molar-refractivity contribution is 6.12. The lowest BCUT2D eigenvalue weighted by molar-refractivity contribution is -0.140. The van der Waals surface area contributed by atoms with Gasteiger partial charge >= 0.3 is 5.97 Å². The van der Waals surface area contributed by atoms with Crippen LogP contribution in [0.4, 0.5) is 0 Å². The van der Waals surface area contributed by atoms with Gasteiger partial charge in [0.2, 0.25) is 0 Å². The lowest BCUT2D eigenvalue weighted by Gasteiger charge is -2.13. The molecule has 0 unspecified atom stereocenters. The van der Waals surface area contributed by atoms with Crippen molar-refractivity contribution in [3.8, 4) is 0 Å². The molecule has 0 aromatic heterocycles. The van der Waals surface area contributed by atoms with Gasteiger partial charge in [-0.05, 0) is 0 Å². The minimum Gasteiger partial charge on any atom is -0.460 e. The van der Waals surface area contributed by atoms with E-state index in [-0.39, 0.29) is 31.6 Å². The third-order valence-electron chi connectivity index (χ3n) is 4.23. The Labute approximate surface area is 206 Å². The molecule has 1 rings (SSSR count). The Morgan fingerprint density at radius 1 is 0.600 bits per heavy atom. The highest BCUT2D eigenvalue weighted by atomic mass is 16.6. The molecule has 0 spiro atoms. The fraction of sp³-hybridized carbons (Fsp3) is 0.696. The van der Waals surface area contributed by atoms with Crippen LogP contribution in [-0.2, 0) is 52.3 Å². The standard InChI is InChI=1S/C23H37NO11/c1-2-23(27)35-20-19-34-18-17-33-16-15-32-14-13-31-12-11-30-10-9-29-8-7-28-6-5-24-21(25)3-4-22(24)26/h2-4H,1,5-20H2. The molecule has 0 aromatic carbocycles. The van der Waals surface area contributed by atoms with E-state index in [0.29, 0.717) is 85.9 Å². The molecule has 2 amide bonds. The number of hydrogen-bond acceptors (Lipinski definition) is 11. The number of carbonyl (C=O) groups excluding carboxylic acids is 3. The normalized spacial score (nSPS) is 13.1. The Bertz CT molecular complexity index is 609. The van der Waals surface area contributed by atoms with Crippen molar-refractivity contribution in [3.05, 3.63) is 24.8 Å². The zero-order chi connectivity index (χ0) is 25.4. The quantitative estimate of drug-likeness (QED) is 0.0708. The van der Waals surface area contributed by atoms with Crippen LogP contribution in [0, 0.1) is 0 Å². The van der Waals surface area contributed by atoms with Crippen LogP contribution >= 0.6 is 0 Å². The average Bonchev–Trinajstić information content (AvgIpc) is 3.18. The van der Waals surface area contributed by atoms with Crippen LogP contribution in [0.15, 0.2) is 24.8 Å². The number of nitrogens with zero attached hydrogens (tertiary/aromatic N) is 1. The zero-order valence-electron chi connectivity index (χ0n) is 20.2. The minimum absolute atomic E-state index is 0.191. The summed E-state index contributed by atoms with van der Waals surface area (Å²) in [6, 6.07) is 0. The van der Waals surface area contributed by atoms with Crippen molar-refractivity contribution < 1.29 is 52.3 Å². The van der Waals surface area contributed by atoms with Crippen molar-refractivity contribution in [1.29, 1.82) is 0 Å². The number of carbonyl (C=O) groups is 3. The van der Waals surface area contributed by atoms with Crippen molar-refractivity contribution >= 4 is 17.8 Å². The van der Waals surface area contributed by atoms with Crippen molar-refractivity contribution in [2.45, 2.75) is 0 Å². The lowest BCUT2D eigenvalue weighted by Crippen LogP contribution is -2.33. The Morgan fingerprint density at radius 3 is 1.26 bits per heavy atom. The van der Waals surface area contributed by atoms with Gasteiger partial charge in [-0.2, -0.15) is 0 Å². The van der Waals surface area contributed by atoms with Gasteiger partial charge in [-0.15, -0.1) is 0 Å². The minimum atomic E-state index is -0.466. The van der Waals surface area contributed by atoms with Gasteiger partial charge in [0.15, 0.2) is 0 Å². The molecule has 0 bridgehead atoms. The van der Waals surface area contributed by atoms with Crippen molar-refractivity contribution in [2.24, 2.45) is 0 Å². The number of esters is 1. The Balaban J connectivity index is 1.67. The third-order valence-corrected chi connectivity index (χ3v) is 4.23.